The van der Waals surface area contributed by atoms with Crippen molar-refractivity contribution in [3.8, 4) is 0 Å². The maximum atomic E-state index is 14.6. The van der Waals surface area contributed by atoms with Crippen LogP contribution in [0, 0.1) is 11.8 Å². The number of aliphatic carboxylic acids is 1. The Bertz CT molecular complexity index is 545. The van der Waals surface area contributed by atoms with Crippen LogP contribution < -0.4 is 0 Å². The Morgan fingerprint density at radius 2 is 2.04 bits per heavy atom. The summed E-state index contributed by atoms with van der Waals surface area (Å²) >= 11 is 2.14. The van der Waals surface area contributed by atoms with Gasteiger partial charge in [-0.3, -0.25) is 4.79 Å². The third-order valence-corrected chi connectivity index (χ3v) is 7.21. The molecule has 1 aliphatic carbocycles. The van der Waals surface area contributed by atoms with Crippen LogP contribution in [0.4, 0.5) is 8.78 Å². The zero-order chi connectivity index (χ0) is 20.9. The number of aliphatic hydroxyl groups is 2. The second-order valence-corrected chi connectivity index (χ2v) is 9.54. The molecule has 1 saturated carbocycles. The molecule has 0 radical (unpaired) electrons. The van der Waals surface area contributed by atoms with Gasteiger partial charge in [-0.2, -0.15) is 0 Å². The Balaban J connectivity index is 1.97. The minimum Gasteiger partial charge on any atom is -0.481 e. The fraction of sp³-hybridized carbons (Fsp3) is 0.850. The lowest BCUT2D eigenvalue weighted by molar-refractivity contribution is -0.167. The molecule has 0 aromatic heterocycles. The number of aliphatic hydroxyl groups excluding tert-OH is 2. The molecule has 2 unspecified atom stereocenters. The first-order valence-electron chi connectivity index (χ1n) is 10.1. The van der Waals surface area contributed by atoms with Gasteiger partial charge in [0, 0.05) is 22.2 Å². The first-order chi connectivity index (χ1) is 13.2. The minimum absolute atomic E-state index is 0.0508. The van der Waals surface area contributed by atoms with Gasteiger partial charge < -0.3 is 20.1 Å². The second kappa shape index (κ2) is 10.6. The van der Waals surface area contributed by atoms with Gasteiger partial charge in [0.05, 0.1) is 12.2 Å². The van der Waals surface area contributed by atoms with Crippen molar-refractivity contribution in [2.24, 2.45) is 11.8 Å². The van der Waals surface area contributed by atoms with E-state index >= 15 is 0 Å². The number of ether oxygens (including phenoxy) is 1. The van der Waals surface area contributed by atoms with Crippen molar-refractivity contribution in [1.29, 1.82) is 0 Å². The number of rotatable bonds is 11. The van der Waals surface area contributed by atoms with Crippen LogP contribution in [0.2, 0.25) is 0 Å². The van der Waals surface area contributed by atoms with E-state index in [0.717, 1.165) is 19.3 Å². The quantitative estimate of drug-likeness (QED) is 0.168. The van der Waals surface area contributed by atoms with Crippen molar-refractivity contribution < 1.29 is 33.6 Å². The maximum absolute atomic E-state index is 14.6. The predicted octanol–water partition coefficient (Wildman–Crippen LogP) is 3.94. The molecule has 0 aromatic carbocycles. The van der Waals surface area contributed by atoms with Crippen LogP contribution in [0.1, 0.15) is 58.3 Å². The molecule has 162 valence electrons. The molecule has 1 aliphatic heterocycles. The normalized spacial score (nSPS) is 33.9. The molecule has 1 saturated heterocycles. The lowest BCUT2D eigenvalue weighted by atomic mass is 9.89. The van der Waals surface area contributed by atoms with Crippen molar-refractivity contribution in [2.75, 3.05) is 0 Å². The van der Waals surface area contributed by atoms with Crippen molar-refractivity contribution in [3.05, 3.63) is 12.2 Å². The summed E-state index contributed by atoms with van der Waals surface area (Å²) in [4.78, 5) is 10.6. The molecular formula is C20H31F2IO5. The Morgan fingerprint density at radius 3 is 2.68 bits per heavy atom. The van der Waals surface area contributed by atoms with Gasteiger partial charge in [-0.1, -0.05) is 60.9 Å². The van der Waals surface area contributed by atoms with Crippen molar-refractivity contribution in [1.82, 2.24) is 0 Å². The summed E-state index contributed by atoms with van der Waals surface area (Å²) in [5, 5.41) is 28.9. The van der Waals surface area contributed by atoms with Gasteiger partial charge in [-0.05, 0) is 25.7 Å². The molecule has 0 spiro atoms. The number of halogens is 3. The maximum Gasteiger partial charge on any atom is 0.303 e. The molecule has 0 bridgehead atoms. The number of carboxylic acids is 1. The third kappa shape index (κ3) is 5.86. The second-order valence-electron chi connectivity index (χ2n) is 7.94. The van der Waals surface area contributed by atoms with Crippen molar-refractivity contribution in [2.45, 2.75) is 92.6 Å². The zero-order valence-electron chi connectivity index (χ0n) is 16.1. The topological polar surface area (TPSA) is 87.0 Å². The van der Waals surface area contributed by atoms with E-state index < -0.39 is 42.0 Å². The Kier molecular flexibility index (Phi) is 9.10. The summed E-state index contributed by atoms with van der Waals surface area (Å²) in [5.41, 5.74) is 0. The van der Waals surface area contributed by atoms with Crippen LogP contribution >= 0.6 is 22.6 Å². The number of hydrogen-bond acceptors (Lipinski definition) is 4. The van der Waals surface area contributed by atoms with Crippen LogP contribution in [-0.4, -0.2) is 55.6 Å². The standard InChI is InChI=1S/C20H31F2IO5/c1-2-3-4-6-12(24)9-10-13-14-11-16(15(23)7-5-8-17(25)26)28-19(14)20(21,22)18(13)27/h9-10,12-16,18-19,24,27H,2-8,11H2,1H3,(H,25,26)/b10-9+/t12-,13+,14+,15?,16?,18-,19+/m0/s1. The fourth-order valence-electron chi connectivity index (χ4n) is 4.20. The van der Waals surface area contributed by atoms with E-state index in [1.807, 2.05) is 0 Å². The van der Waals surface area contributed by atoms with E-state index in [2.05, 4.69) is 29.5 Å². The largest absolute Gasteiger partial charge is 0.481 e. The van der Waals surface area contributed by atoms with Crippen LogP contribution in [0.25, 0.3) is 0 Å². The molecule has 2 fully saturated rings. The molecule has 3 N–H and O–H groups in total. The van der Waals surface area contributed by atoms with Gasteiger partial charge >= 0.3 is 5.97 Å². The molecule has 0 amide bonds. The SMILES string of the molecule is CCCCC[C@H](O)/C=C/[C@@H]1[C@H]2CC(C(I)CCCC(=O)O)O[C@H]2C(F)(F)[C@H]1O. The monoisotopic (exact) mass is 516 g/mol. The Morgan fingerprint density at radius 1 is 1.32 bits per heavy atom. The van der Waals surface area contributed by atoms with E-state index in [1.54, 1.807) is 0 Å². The van der Waals surface area contributed by atoms with Gasteiger partial charge in [0.1, 0.15) is 12.2 Å². The zero-order valence-corrected chi connectivity index (χ0v) is 18.3. The summed E-state index contributed by atoms with van der Waals surface area (Å²) < 4.78 is 34.7. The smallest absolute Gasteiger partial charge is 0.303 e. The van der Waals surface area contributed by atoms with Gasteiger partial charge in [0.15, 0.2) is 0 Å². The highest BCUT2D eigenvalue weighted by Gasteiger charge is 2.65. The number of hydrogen-bond donors (Lipinski definition) is 3. The summed E-state index contributed by atoms with van der Waals surface area (Å²) in [6, 6.07) is 0. The number of carboxylic acid groups (broad SMARTS) is 1. The fourth-order valence-corrected chi connectivity index (χ4v) is 5.11. The van der Waals surface area contributed by atoms with E-state index in [1.165, 1.54) is 12.2 Å². The van der Waals surface area contributed by atoms with Crippen LogP contribution in [-0.2, 0) is 9.53 Å². The highest BCUT2D eigenvalue weighted by Crippen LogP contribution is 2.53. The summed E-state index contributed by atoms with van der Waals surface area (Å²) in [7, 11) is 0. The molecule has 7 atom stereocenters. The molecule has 5 nitrogen and oxygen atoms in total. The highest BCUT2D eigenvalue weighted by atomic mass is 127. The van der Waals surface area contributed by atoms with Crippen LogP contribution in [0.5, 0.6) is 0 Å². The van der Waals surface area contributed by atoms with Gasteiger partial charge in [-0.15, -0.1) is 0 Å². The highest BCUT2D eigenvalue weighted by molar-refractivity contribution is 14.1. The lowest BCUT2D eigenvalue weighted by Crippen LogP contribution is -2.41. The Hall–Kier alpha value is -0.320. The summed E-state index contributed by atoms with van der Waals surface area (Å²) in [5.74, 6) is -5.47. The number of fused-ring (bicyclic) bond motifs is 1. The van der Waals surface area contributed by atoms with Gasteiger partial charge in [0.2, 0.25) is 0 Å². The molecule has 0 aromatic rings. The third-order valence-electron chi connectivity index (χ3n) is 5.78. The van der Waals surface area contributed by atoms with Crippen molar-refractivity contribution in [3.63, 3.8) is 0 Å². The molecule has 1 heterocycles. The van der Waals surface area contributed by atoms with E-state index in [4.69, 9.17) is 9.84 Å². The van der Waals surface area contributed by atoms with Gasteiger partial charge in [0.25, 0.3) is 5.92 Å². The minimum atomic E-state index is -3.33. The molecule has 2 aliphatic rings. The first kappa shape index (κ1) is 24.0. The van der Waals surface area contributed by atoms with E-state index in [0.29, 0.717) is 25.7 Å². The number of carbonyl (C=O) groups is 1. The number of alkyl halides is 3. The molecule has 2 rings (SSSR count). The lowest BCUT2D eigenvalue weighted by Gasteiger charge is -2.25. The van der Waals surface area contributed by atoms with Crippen LogP contribution in [0.3, 0.4) is 0 Å². The Labute approximate surface area is 178 Å². The number of unbranched alkanes of at least 4 members (excludes halogenated alkanes) is 2. The van der Waals surface area contributed by atoms with E-state index in [-0.39, 0.29) is 16.4 Å². The average Bonchev–Trinajstić information content (AvgIpc) is 3.13. The predicted molar refractivity (Wildman–Crippen MR) is 110 cm³/mol. The van der Waals surface area contributed by atoms with E-state index in [9.17, 15) is 23.8 Å². The summed E-state index contributed by atoms with van der Waals surface area (Å²) in [6.07, 6.45) is 3.85. The van der Waals surface area contributed by atoms with Crippen LogP contribution in [0.15, 0.2) is 12.2 Å². The van der Waals surface area contributed by atoms with Crippen molar-refractivity contribution >= 4 is 28.6 Å². The summed E-state index contributed by atoms with van der Waals surface area (Å²) in [6.45, 7) is 2.07. The molecular weight excluding hydrogens is 485 g/mol. The first-order valence-corrected chi connectivity index (χ1v) is 11.4. The molecule has 28 heavy (non-hydrogen) atoms. The van der Waals surface area contributed by atoms with Gasteiger partial charge in [-0.25, -0.2) is 8.78 Å². The average molecular weight is 516 g/mol. The molecule has 8 heteroatoms.